The van der Waals surface area contributed by atoms with Crippen LogP contribution in [0.4, 0.5) is 0 Å². The molecule has 2 unspecified atom stereocenters. The van der Waals surface area contributed by atoms with Crippen molar-refractivity contribution in [3.63, 3.8) is 0 Å². The quantitative estimate of drug-likeness (QED) is 0.670. The van der Waals surface area contributed by atoms with Crippen LogP contribution in [0.15, 0.2) is 0 Å². The predicted molar refractivity (Wildman–Crippen MR) is 46.7 cm³/mol. The molecule has 68 valence electrons. The van der Waals surface area contributed by atoms with Gasteiger partial charge in [0.2, 0.25) is 0 Å². The molecule has 1 aliphatic rings. The van der Waals surface area contributed by atoms with Crippen molar-refractivity contribution in [2.24, 2.45) is 0 Å². The van der Waals surface area contributed by atoms with Gasteiger partial charge in [0, 0.05) is 19.4 Å². The minimum Gasteiger partial charge on any atom is -0.378 e. The first-order valence-corrected chi connectivity index (χ1v) is 4.50. The number of rotatable bonds is 2. The van der Waals surface area contributed by atoms with Crippen LogP contribution in [0.5, 0.6) is 0 Å². The van der Waals surface area contributed by atoms with Gasteiger partial charge < -0.3 is 4.74 Å². The molecule has 1 heterocycles. The Morgan fingerprint density at radius 1 is 1.75 bits per heavy atom. The molecule has 1 fully saturated rings. The second-order valence-corrected chi connectivity index (χ2v) is 3.36. The Morgan fingerprint density at radius 2 is 2.50 bits per heavy atom. The van der Waals surface area contributed by atoms with Crippen molar-refractivity contribution in [2.45, 2.75) is 38.3 Å². The summed E-state index contributed by atoms with van der Waals surface area (Å²) in [6.45, 7) is 5.59. The summed E-state index contributed by atoms with van der Waals surface area (Å²) in [5.41, 5.74) is -0.327. The smallest absolute Gasteiger partial charge is 0.111 e. The van der Waals surface area contributed by atoms with E-state index < -0.39 is 0 Å². The Kier molecular flexibility index (Phi) is 3.07. The van der Waals surface area contributed by atoms with E-state index in [4.69, 9.17) is 10.00 Å². The molecule has 0 radical (unpaired) electrons. The Labute approximate surface area is 73.7 Å². The van der Waals surface area contributed by atoms with E-state index in [1.54, 1.807) is 0 Å². The van der Waals surface area contributed by atoms with Crippen LogP contribution < -0.4 is 5.32 Å². The van der Waals surface area contributed by atoms with Crippen LogP contribution in [0.1, 0.15) is 26.7 Å². The molecule has 12 heavy (non-hydrogen) atoms. The number of ether oxygens (including phenoxy) is 1. The Balaban J connectivity index is 2.59. The highest BCUT2D eigenvalue weighted by Crippen LogP contribution is 2.23. The lowest BCUT2D eigenvalue weighted by Crippen LogP contribution is -2.50. The summed E-state index contributed by atoms with van der Waals surface area (Å²) in [6, 6.07) is 2.36. The van der Waals surface area contributed by atoms with Gasteiger partial charge >= 0.3 is 0 Å². The third kappa shape index (κ3) is 1.96. The third-order valence-corrected chi connectivity index (χ3v) is 2.30. The Hall–Kier alpha value is -0.590. The van der Waals surface area contributed by atoms with Gasteiger partial charge in [-0.1, -0.05) is 6.92 Å². The van der Waals surface area contributed by atoms with Crippen molar-refractivity contribution in [1.29, 1.82) is 5.26 Å². The summed E-state index contributed by atoms with van der Waals surface area (Å²) >= 11 is 0. The maximum Gasteiger partial charge on any atom is 0.111 e. The summed E-state index contributed by atoms with van der Waals surface area (Å²) in [5, 5.41) is 12.3. The average Bonchev–Trinajstić information content (AvgIpc) is 2.05. The van der Waals surface area contributed by atoms with Crippen LogP contribution in [-0.2, 0) is 4.74 Å². The van der Waals surface area contributed by atoms with Crippen molar-refractivity contribution >= 4 is 0 Å². The fourth-order valence-corrected chi connectivity index (χ4v) is 1.73. The number of hydrogen-bond donors (Lipinski definition) is 1. The molecule has 3 nitrogen and oxygen atoms in total. The number of nitrogens with zero attached hydrogens (tertiary/aromatic N) is 1. The predicted octanol–water partition coefficient (Wildman–Crippen LogP) is 1.06. The lowest BCUT2D eigenvalue weighted by molar-refractivity contribution is -0.00273. The first-order chi connectivity index (χ1) is 5.72. The van der Waals surface area contributed by atoms with Gasteiger partial charge in [0.15, 0.2) is 0 Å². The molecule has 0 aromatic rings. The highest BCUT2D eigenvalue weighted by molar-refractivity contribution is 5.09. The summed E-state index contributed by atoms with van der Waals surface area (Å²) in [7, 11) is 0. The molecule has 0 aromatic heterocycles. The molecule has 1 aliphatic heterocycles. The topological polar surface area (TPSA) is 45.0 Å². The largest absolute Gasteiger partial charge is 0.378 e. The monoisotopic (exact) mass is 168 g/mol. The summed E-state index contributed by atoms with van der Waals surface area (Å²) < 4.78 is 5.39. The molecule has 0 aromatic carbocycles. The molecule has 2 atom stereocenters. The van der Waals surface area contributed by atoms with Gasteiger partial charge in [-0.05, 0) is 13.5 Å². The summed E-state index contributed by atoms with van der Waals surface area (Å²) in [6.07, 6.45) is 1.82. The Bertz CT molecular complexity index is 183. The number of nitrogens with one attached hydrogen (secondary N) is 1. The van der Waals surface area contributed by atoms with Gasteiger partial charge in [0.05, 0.1) is 12.2 Å². The molecule has 0 bridgehead atoms. The first kappa shape index (κ1) is 9.50. The molecule has 1 saturated heterocycles. The van der Waals surface area contributed by atoms with Crippen molar-refractivity contribution in [3.05, 3.63) is 0 Å². The first-order valence-electron chi connectivity index (χ1n) is 4.50. The Morgan fingerprint density at radius 3 is 3.00 bits per heavy atom. The van der Waals surface area contributed by atoms with E-state index in [1.807, 2.05) is 13.8 Å². The lowest BCUT2D eigenvalue weighted by atomic mass is 9.88. The second kappa shape index (κ2) is 3.88. The van der Waals surface area contributed by atoms with Crippen LogP contribution >= 0.6 is 0 Å². The molecule has 0 aliphatic carbocycles. The zero-order valence-corrected chi connectivity index (χ0v) is 7.76. The van der Waals surface area contributed by atoms with Crippen LogP contribution in [0, 0.1) is 11.3 Å². The van der Waals surface area contributed by atoms with Gasteiger partial charge in [-0.25, -0.2) is 0 Å². The van der Waals surface area contributed by atoms with Crippen molar-refractivity contribution in [1.82, 2.24) is 5.32 Å². The fourth-order valence-electron chi connectivity index (χ4n) is 1.73. The van der Waals surface area contributed by atoms with Crippen molar-refractivity contribution in [2.75, 3.05) is 13.2 Å². The maximum atomic E-state index is 9.02. The molecule has 3 heteroatoms. The van der Waals surface area contributed by atoms with E-state index in [0.29, 0.717) is 6.61 Å². The van der Waals surface area contributed by atoms with Gasteiger partial charge in [-0.3, -0.25) is 5.32 Å². The number of nitriles is 1. The van der Waals surface area contributed by atoms with Crippen LogP contribution in [0.2, 0.25) is 0 Å². The molecule has 1 N–H and O–H groups in total. The SMILES string of the molecule is CCNC1(C#N)CCOC(C)C1. The molecule has 0 spiro atoms. The molecular weight excluding hydrogens is 152 g/mol. The minimum absolute atomic E-state index is 0.206. The highest BCUT2D eigenvalue weighted by atomic mass is 16.5. The second-order valence-electron chi connectivity index (χ2n) is 3.36. The number of hydrogen-bond acceptors (Lipinski definition) is 3. The lowest BCUT2D eigenvalue weighted by Gasteiger charge is -2.34. The van der Waals surface area contributed by atoms with Crippen molar-refractivity contribution < 1.29 is 4.74 Å². The normalized spacial score (nSPS) is 35.9. The van der Waals surface area contributed by atoms with Crippen molar-refractivity contribution in [3.8, 4) is 6.07 Å². The van der Waals surface area contributed by atoms with Gasteiger partial charge in [-0.2, -0.15) is 5.26 Å². The van der Waals surface area contributed by atoms with Gasteiger partial charge in [0.25, 0.3) is 0 Å². The molecule has 0 saturated carbocycles. The van der Waals surface area contributed by atoms with Crippen LogP contribution in [-0.4, -0.2) is 24.8 Å². The maximum absolute atomic E-state index is 9.02. The molecular formula is C9H16N2O. The molecule has 1 rings (SSSR count). The highest BCUT2D eigenvalue weighted by Gasteiger charge is 2.34. The van der Waals surface area contributed by atoms with Crippen LogP contribution in [0.25, 0.3) is 0 Å². The standard InChI is InChI=1S/C9H16N2O/c1-3-11-9(7-10)4-5-12-8(2)6-9/h8,11H,3-6H2,1-2H3. The minimum atomic E-state index is -0.327. The summed E-state index contributed by atoms with van der Waals surface area (Å²) in [5.74, 6) is 0. The fraction of sp³-hybridized carbons (Fsp3) is 0.889. The van der Waals surface area contributed by atoms with E-state index in [-0.39, 0.29) is 11.6 Å². The van der Waals surface area contributed by atoms with Gasteiger partial charge in [-0.15, -0.1) is 0 Å². The van der Waals surface area contributed by atoms with E-state index >= 15 is 0 Å². The van der Waals surface area contributed by atoms with Crippen LogP contribution in [0.3, 0.4) is 0 Å². The summed E-state index contributed by atoms with van der Waals surface area (Å²) in [4.78, 5) is 0. The van der Waals surface area contributed by atoms with E-state index in [1.165, 1.54) is 0 Å². The van der Waals surface area contributed by atoms with E-state index in [2.05, 4.69) is 11.4 Å². The zero-order valence-electron chi connectivity index (χ0n) is 7.76. The average molecular weight is 168 g/mol. The van der Waals surface area contributed by atoms with Gasteiger partial charge in [0.1, 0.15) is 5.54 Å². The third-order valence-electron chi connectivity index (χ3n) is 2.30. The van der Waals surface area contributed by atoms with E-state index in [9.17, 15) is 0 Å². The molecule has 0 amide bonds. The zero-order chi connectivity index (χ0) is 9.03. The van der Waals surface area contributed by atoms with E-state index in [0.717, 1.165) is 19.4 Å².